The molecule has 2 atom stereocenters. The number of allylic oxidation sites excluding steroid dienone is 10. The van der Waals surface area contributed by atoms with E-state index in [4.69, 9.17) is 18.9 Å². The first kappa shape index (κ1) is 70.0. The van der Waals surface area contributed by atoms with Crippen molar-refractivity contribution in [2.45, 2.75) is 283 Å². The molecule has 0 aromatic heterocycles. The monoisotopic (exact) mass is 1030 g/mol. The minimum Gasteiger partial charge on any atom is -0.477 e. The fourth-order valence-electron chi connectivity index (χ4n) is 8.59. The zero-order valence-electron chi connectivity index (χ0n) is 48.3. The fraction of sp³-hybridized carbons (Fsp3) is 0.797. The molecular formula is C64H116NO8+. The average molecular weight is 1030 g/mol. The second-order valence-corrected chi connectivity index (χ2v) is 21.6. The number of carboxylic acids is 1. The van der Waals surface area contributed by atoms with E-state index in [1.54, 1.807) is 0 Å². The zero-order chi connectivity index (χ0) is 53.4. The highest BCUT2D eigenvalue weighted by atomic mass is 16.7. The average Bonchev–Trinajstić information content (AvgIpc) is 3.36. The Morgan fingerprint density at radius 3 is 1.18 bits per heavy atom. The molecule has 0 aliphatic heterocycles. The molecule has 0 bridgehead atoms. The molecule has 0 rings (SSSR count). The fourth-order valence-corrected chi connectivity index (χ4v) is 8.59. The van der Waals surface area contributed by atoms with Crippen LogP contribution in [0.4, 0.5) is 0 Å². The van der Waals surface area contributed by atoms with Gasteiger partial charge in [0.1, 0.15) is 13.2 Å². The lowest BCUT2D eigenvalue weighted by molar-refractivity contribution is -0.870. The van der Waals surface area contributed by atoms with Crippen LogP contribution in [0.2, 0.25) is 0 Å². The molecule has 0 aliphatic carbocycles. The maximum absolute atomic E-state index is 12.9. The summed E-state index contributed by atoms with van der Waals surface area (Å²) in [5.41, 5.74) is 0. The van der Waals surface area contributed by atoms with Crippen molar-refractivity contribution >= 4 is 17.9 Å². The lowest BCUT2D eigenvalue weighted by Crippen LogP contribution is -2.40. The molecule has 0 aromatic carbocycles. The number of hydrogen-bond acceptors (Lipinski definition) is 7. The Balaban J connectivity index is 4.20. The Morgan fingerprint density at radius 2 is 0.781 bits per heavy atom. The molecule has 2 unspecified atom stereocenters. The molecule has 0 saturated carbocycles. The number of carbonyl (C=O) groups is 3. The highest BCUT2D eigenvalue weighted by molar-refractivity contribution is 5.71. The summed E-state index contributed by atoms with van der Waals surface area (Å²) in [5, 5.41) is 9.71. The third-order valence-corrected chi connectivity index (χ3v) is 13.3. The summed E-state index contributed by atoms with van der Waals surface area (Å²) >= 11 is 0. The van der Waals surface area contributed by atoms with Gasteiger partial charge in [0.25, 0.3) is 6.29 Å². The van der Waals surface area contributed by atoms with Crippen LogP contribution < -0.4 is 0 Å². The second-order valence-electron chi connectivity index (χ2n) is 21.6. The van der Waals surface area contributed by atoms with E-state index in [1.165, 1.54) is 180 Å². The third-order valence-electron chi connectivity index (χ3n) is 13.3. The number of unbranched alkanes of at least 4 members (excludes halogenated alkanes) is 31. The number of carboxylic acid groups (broad SMARTS) is 1. The van der Waals surface area contributed by atoms with Crippen LogP contribution in [0.5, 0.6) is 0 Å². The van der Waals surface area contributed by atoms with Crippen molar-refractivity contribution in [1.29, 1.82) is 0 Å². The predicted molar refractivity (Wildman–Crippen MR) is 309 cm³/mol. The van der Waals surface area contributed by atoms with E-state index < -0.39 is 24.3 Å². The Labute approximate surface area is 450 Å². The van der Waals surface area contributed by atoms with E-state index in [1.807, 2.05) is 21.1 Å². The van der Waals surface area contributed by atoms with E-state index in [0.29, 0.717) is 17.4 Å². The Morgan fingerprint density at radius 1 is 0.425 bits per heavy atom. The standard InChI is InChI=1S/C64H115NO8/c1-6-8-10-12-14-16-18-20-22-24-26-28-29-30-31-32-33-35-37-39-41-43-45-47-49-51-53-55-62(67)73-60(59-72-64(63(68)69)70-57-56-65(3,4)5)58-71-61(66)54-52-50-48-46-44-42-40-38-36-34-27-25-23-21-19-17-15-13-11-9-7-2/h8,10,14,16,20,22,25-28,60,64H,6-7,9,11-13,15,17-19,21,23-24,29-59H2,1-5H3/p+1/b10-8-,16-14-,22-20-,27-25-,28-26-. The van der Waals surface area contributed by atoms with Gasteiger partial charge in [-0.3, -0.25) is 9.59 Å². The number of rotatable bonds is 56. The highest BCUT2D eigenvalue weighted by Crippen LogP contribution is 2.17. The summed E-state index contributed by atoms with van der Waals surface area (Å²) in [5.74, 6) is -2.00. The normalized spacial score (nSPS) is 13.2. The van der Waals surface area contributed by atoms with Gasteiger partial charge in [-0.1, -0.05) is 242 Å². The molecule has 424 valence electrons. The number of esters is 2. The summed E-state index contributed by atoms with van der Waals surface area (Å²) in [4.78, 5) is 37.5. The van der Waals surface area contributed by atoms with Gasteiger partial charge in [-0.2, -0.15) is 0 Å². The molecule has 0 aromatic rings. The van der Waals surface area contributed by atoms with Gasteiger partial charge in [-0.15, -0.1) is 0 Å². The van der Waals surface area contributed by atoms with Crippen molar-refractivity contribution in [1.82, 2.24) is 0 Å². The Bertz CT molecular complexity index is 1380. The van der Waals surface area contributed by atoms with Gasteiger partial charge in [0, 0.05) is 12.8 Å². The van der Waals surface area contributed by atoms with Gasteiger partial charge >= 0.3 is 17.9 Å². The van der Waals surface area contributed by atoms with E-state index in [2.05, 4.69) is 74.6 Å². The largest absolute Gasteiger partial charge is 0.477 e. The van der Waals surface area contributed by atoms with Crippen LogP contribution in [0.1, 0.15) is 271 Å². The third kappa shape index (κ3) is 56.6. The summed E-state index contributed by atoms with van der Waals surface area (Å²) < 4.78 is 22.9. The van der Waals surface area contributed by atoms with Gasteiger partial charge in [-0.25, -0.2) is 4.79 Å². The first-order valence-electron chi connectivity index (χ1n) is 30.5. The molecule has 9 nitrogen and oxygen atoms in total. The van der Waals surface area contributed by atoms with Gasteiger partial charge in [0.15, 0.2) is 6.10 Å². The minimum absolute atomic E-state index is 0.182. The van der Waals surface area contributed by atoms with E-state index in [9.17, 15) is 19.5 Å². The molecular weight excluding hydrogens is 911 g/mol. The molecule has 0 radical (unpaired) electrons. The van der Waals surface area contributed by atoms with Crippen LogP contribution in [0, 0.1) is 0 Å². The van der Waals surface area contributed by atoms with Crippen LogP contribution in [0.3, 0.4) is 0 Å². The minimum atomic E-state index is -1.51. The van der Waals surface area contributed by atoms with E-state index in [-0.39, 0.29) is 32.2 Å². The lowest BCUT2D eigenvalue weighted by Gasteiger charge is -2.25. The molecule has 0 aliphatic rings. The molecule has 0 amide bonds. The maximum atomic E-state index is 12.9. The van der Waals surface area contributed by atoms with Gasteiger partial charge < -0.3 is 28.5 Å². The van der Waals surface area contributed by atoms with Crippen molar-refractivity contribution in [2.75, 3.05) is 47.5 Å². The molecule has 1 N–H and O–H groups in total. The Hall–Kier alpha value is -3.01. The first-order valence-corrected chi connectivity index (χ1v) is 30.5. The summed E-state index contributed by atoms with van der Waals surface area (Å²) in [6.07, 6.45) is 67.3. The van der Waals surface area contributed by atoms with Crippen LogP contribution in [0.25, 0.3) is 0 Å². The lowest BCUT2D eigenvalue weighted by atomic mass is 10.0. The van der Waals surface area contributed by atoms with E-state index in [0.717, 1.165) is 64.2 Å². The summed E-state index contributed by atoms with van der Waals surface area (Å²) in [6.45, 7) is 4.79. The van der Waals surface area contributed by atoms with Crippen molar-refractivity contribution in [2.24, 2.45) is 0 Å². The van der Waals surface area contributed by atoms with Gasteiger partial charge in [0.2, 0.25) is 0 Å². The number of hydrogen-bond donors (Lipinski definition) is 1. The smallest absolute Gasteiger partial charge is 0.361 e. The van der Waals surface area contributed by atoms with Crippen molar-refractivity contribution in [3.05, 3.63) is 60.8 Å². The summed E-state index contributed by atoms with van der Waals surface area (Å²) in [6, 6.07) is 0. The highest BCUT2D eigenvalue weighted by Gasteiger charge is 2.25. The Kier molecular flexibility index (Phi) is 53.0. The van der Waals surface area contributed by atoms with Crippen molar-refractivity contribution < 1.29 is 42.9 Å². The summed E-state index contributed by atoms with van der Waals surface area (Å²) in [7, 11) is 5.97. The topological polar surface area (TPSA) is 108 Å². The van der Waals surface area contributed by atoms with Gasteiger partial charge in [0.05, 0.1) is 34.4 Å². The number of likely N-dealkylation sites (N-methyl/N-ethyl adjacent to an activating group) is 1. The van der Waals surface area contributed by atoms with Crippen LogP contribution in [-0.2, 0) is 33.3 Å². The molecule has 0 heterocycles. The molecule has 0 fully saturated rings. The number of carbonyl (C=O) groups excluding carboxylic acids is 2. The number of quaternary nitrogens is 1. The second kappa shape index (κ2) is 55.2. The maximum Gasteiger partial charge on any atom is 0.361 e. The van der Waals surface area contributed by atoms with Crippen LogP contribution >= 0.6 is 0 Å². The zero-order valence-corrected chi connectivity index (χ0v) is 48.3. The van der Waals surface area contributed by atoms with Crippen molar-refractivity contribution in [3.8, 4) is 0 Å². The first-order chi connectivity index (χ1) is 35.6. The molecule has 9 heteroatoms. The van der Waals surface area contributed by atoms with Crippen molar-refractivity contribution in [3.63, 3.8) is 0 Å². The van der Waals surface area contributed by atoms with E-state index >= 15 is 0 Å². The van der Waals surface area contributed by atoms with Crippen LogP contribution in [-0.4, -0.2) is 87.4 Å². The predicted octanol–water partition coefficient (Wildman–Crippen LogP) is 18.0. The quantitative estimate of drug-likeness (QED) is 0.0211. The number of aliphatic carboxylic acids is 1. The number of nitrogens with zero attached hydrogens (tertiary/aromatic N) is 1. The molecule has 0 saturated heterocycles. The molecule has 73 heavy (non-hydrogen) atoms. The SMILES string of the molecule is CC/C=C\C/C=C\C/C=C\C/C=C\CCCCCCCCCCCCCCCCC(=O)OC(COC(=O)CCCCCCCCCCC/C=C\CCCCCCCCCC)COC(OCC[N+](C)(C)C)C(=O)O. The van der Waals surface area contributed by atoms with Gasteiger partial charge in [-0.05, 0) is 77.0 Å². The number of ether oxygens (including phenoxy) is 4. The molecule has 0 spiro atoms. The van der Waals surface area contributed by atoms with Crippen LogP contribution in [0.15, 0.2) is 60.8 Å².